The van der Waals surface area contributed by atoms with Crippen molar-refractivity contribution < 1.29 is 4.39 Å². The van der Waals surface area contributed by atoms with Gasteiger partial charge in [0, 0.05) is 45.0 Å². The van der Waals surface area contributed by atoms with Crippen LogP contribution in [0.3, 0.4) is 0 Å². The molecule has 0 spiro atoms. The van der Waals surface area contributed by atoms with E-state index in [1.807, 2.05) is 32.4 Å². The largest absolute Gasteiger partial charge is 0.355 e. The number of nitrogens with zero attached hydrogens (tertiary/aromatic N) is 3. The standard InChI is InChI=1S/C19H25FN4/c1-21-18(24(3)13-17-8-5-11-23(17)2)22-14-19(9-10-19)15-6-4-7-16(20)12-15/h4-8,11-12H,9-10,13-14H2,1-3H3,(H,21,22). The first-order valence-corrected chi connectivity index (χ1v) is 8.32. The van der Waals surface area contributed by atoms with Crippen molar-refractivity contribution in [2.45, 2.75) is 24.8 Å². The van der Waals surface area contributed by atoms with Crippen LogP contribution in [0, 0.1) is 5.82 Å². The van der Waals surface area contributed by atoms with E-state index in [1.165, 1.54) is 11.8 Å². The van der Waals surface area contributed by atoms with E-state index in [4.69, 9.17) is 0 Å². The number of hydrogen-bond acceptors (Lipinski definition) is 1. The van der Waals surface area contributed by atoms with Crippen LogP contribution in [0.5, 0.6) is 0 Å². The van der Waals surface area contributed by atoms with Gasteiger partial charge in [-0.3, -0.25) is 4.99 Å². The van der Waals surface area contributed by atoms with Gasteiger partial charge in [0.1, 0.15) is 5.82 Å². The molecular formula is C19H25FN4. The monoisotopic (exact) mass is 328 g/mol. The normalized spacial score (nSPS) is 16.1. The minimum absolute atomic E-state index is 0.0455. The van der Waals surface area contributed by atoms with Gasteiger partial charge in [-0.25, -0.2) is 4.39 Å². The van der Waals surface area contributed by atoms with Crippen molar-refractivity contribution in [2.75, 3.05) is 20.6 Å². The average molecular weight is 328 g/mol. The van der Waals surface area contributed by atoms with Crippen LogP contribution >= 0.6 is 0 Å². The fraction of sp³-hybridized carbons (Fsp3) is 0.421. The first-order chi connectivity index (χ1) is 11.5. The Labute approximate surface area is 143 Å². The van der Waals surface area contributed by atoms with Gasteiger partial charge in [-0.15, -0.1) is 0 Å². The molecule has 0 saturated heterocycles. The number of rotatable bonds is 5. The molecule has 1 aromatic carbocycles. The summed E-state index contributed by atoms with van der Waals surface area (Å²) in [6, 6.07) is 11.1. The lowest BCUT2D eigenvalue weighted by molar-refractivity contribution is 0.456. The Balaban J connectivity index is 1.63. The van der Waals surface area contributed by atoms with Gasteiger partial charge in [-0.2, -0.15) is 0 Å². The molecule has 0 unspecified atom stereocenters. The van der Waals surface area contributed by atoms with Crippen LogP contribution in [0.15, 0.2) is 47.6 Å². The number of hydrogen-bond donors (Lipinski definition) is 1. The van der Waals surface area contributed by atoms with Gasteiger partial charge in [0.05, 0.1) is 6.54 Å². The third-order valence-corrected chi connectivity index (χ3v) is 4.90. The highest BCUT2D eigenvalue weighted by molar-refractivity contribution is 5.79. The zero-order chi connectivity index (χ0) is 17.2. The Morgan fingerprint density at radius 1 is 1.33 bits per heavy atom. The first-order valence-electron chi connectivity index (χ1n) is 8.32. The van der Waals surface area contributed by atoms with Crippen molar-refractivity contribution in [1.82, 2.24) is 14.8 Å². The molecule has 5 heteroatoms. The van der Waals surface area contributed by atoms with E-state index >= 15 is 0 Å². The fourth-order valence-corrected chi connectivity index (χ4v) is 3.15. The van der Waals surface area contributed by atoms with Gasteiger partial charge in [0.15, 0.2) is 5.96 Å². The van der Waals surface area contributed by atoms with Crippen molar-refractivity contribution in [3.63, 3.8) is 0 Å². The van der Waals surface area contributed by atoms with Gasteiger partial charge in [-0.05, 0) is 42.7 Å². The van der Waals surface area contributed by atoms with E-state index in [0.29, 0.717) is 0 Å². The summed E-state index contributed by atoms with van der Waals surface area (Å²) >= 11 is 0. The van der Waals surface area contributed by atoms with Crippen LogP contribution in [0.2, 0.25) is 0 Å². The molecular weight excluding hydrogens is 303 g/mol. The van der Waals surface area contributed by atoms with Crippen molar-refractivity contribution in [3.8, 4) is 0 Å². The number of nitrogens with one attached hydrogen (secondary N) is 1. The lowest BCUT2D eigenvalue weighted by Gasteiger charge is -2.25. The van der Waals surface area contributed by atoms with Crippen LogP contribution in [-0.2, 0) is 19.0 Å². The molecule has 0 aliphatic heterocycles. The minimum atomic E-state index is -0.163. The SMILES string of the molecule is CN=C(NCC1(c2cccc(F)c2)CC1)N(C)Cc1cccn1C. The van der Waals surface area contributed by atoms with Crippen LogP contribution in [0.4, 0.5) is 4.39 Å². The van der Waals surface area contributed by atoms with Crippen molar-refractivity contribution in [1.29, 1.82) is 0 Å². The summed E-state index contributed by atoms with van der Waals surface area (Å²) in [4.78, 5) is 6.50. The third kappa shape index (κ3) is 3.45. The summed E-state index contributed by atoms with van der Waals surface area (Å²) in [6.45, 7) is 1.57. The molecule has 4 nitrogen and oxygen atoms in total. The van der Waals surface area contributed by atoms with Gasteiger partial charge < -0.3 is 14.8 Å². The second-order valence-corrected chi connectivity index (χ2v) is 6.66. The molecule has 0 atom stereocenters. The number of halogens is 1. The number of aliphatic imine (C=N–C) groups is 1. The smallest absolute Gasteiger partial charge is 0.193 e. The summed E-state index contributed by atoms with van der Waals surface area (Å²) in [7, 11) is 5.87. The Morgan fingerprint density at radius 2 is 2.12 bits per heavy atom. The molecule has 1 aliphatic rings. The summed E-state index contributed by atoms with van der Waals surface area (Å²) in [5.74, 6) is 0.697. The van der Waals surface area contributed by atoms with Crippen molar-refractivity contribution >= 4 is 5.96 Å². The predicted molar refractivity (Wildman–Crippen MR) is 95.6 cm³/mol. The van der Waals surface area contributed by atoms with Gasteiger partial charge in [0.25, 0.3) is 0 Å². The quantitative estimate of drug-likeness (QED) is 0.676. The second-order valence-electron chi connectivity index (χ2n) is 6.66. The van der Waals surface area contributed by atoms with Crippen molar-refractivity contribution in [2.24, 2.45) is 12.0 Å². The van der Waals surface area contributed by atoms with Crippen LogP contribution in [0.1, 0.15) is 24.1 Å². The topological polar surface area (TPSA) is 32.6 Å². The average Bonchev–Trinajstić information content (AvgIpc) is 3.26. The maximum Gasteiger partial charge on any atom is 0.193 e. The molecule has 1 aliphatic carbocycles. The highest BCUT2D eigenvalue weighted by atomic mass is 19.1. The summed E-state index contributed by atoms with van der Waals surface area (Å²) in [5.41, 5.74) is 2.35. The summed E-state index contributed by atoms with van der Waals surface area (Å²) < 4.78 is 15.6. The lowest BCUT2D eigenvalue weighted by atomic mass is 9.96. The molecule has 128 valence electrons. The molecule has 1 saturated carbocycles. The number of aryl methyl sites for hydroxylation is 1. The summed E-state index contributed by atoms with van der Waals surface area (Å²) in [5, 5.41) is 3.47. The third-order valence-electron chi connectivity index (χ3n) is 4.90. The van der Waals surface area contributed by atoms with Gasteiger partial charge in [0.2, 0.25) is 0 Å². The predicted octanol–water partition coefficient (Wildman–Crippen LogP) is 2.90. The number of benzene rings is 1. The lowest BCUT2D eigenvalue weighted by Crippen LogP contribution is -2.42. The second kappa shape index (κ2) is 6.67. The summed E-state index contributed by atoms with van der Waals surface area (Å²) in [6.07, 6.45) is 4.21. The highest BCUT2D eigenvalue weighted by Crippen LogP contribution is 2.47. The molecule has 1 heterocycles. The highest BCUT2D eigenvalue weighted by Gasteiger charge is 2.44. The van der Waals surface area contributed by atoms with Gasteiger partial charge >= 0.3 is 0 Å². The molecule has 1 fully saturated rings. The van der Waals surface area contributed by atoms with E-state index < -0.39 is 0 Å². The molecule has 2 aromatic rings. The van der Waals surface area contributed by atoms with Gasteiger partial charge in [-0.1, -0.05) is 12.1 Å². The van der Waals surface area contributed by atoms with E-state index in [0.717, 1.165) is 37.5 Å². The number of aromatic nitrogens is 1. The Bertz CT molecular complexity index is 730. The van der Waals surface area contributed by atoms with E-state index in [2.05, 4.69) is 25.8 Å². The van der Waals surface area contributed by atoms with E-state index in [1.54, 1.807) is 19.2 Å². The van der Waals surface area contributed by atoms with Crippen molar-refractivity contribution in [3.05, 3.63) is 59.7 Å². The fourth-order valence-electron chi connectivity index (χ4n) is 3.15. The molecule has 0 radical (unpaired) electrons. The minimum Gasteiger partial charge on any atom is -0.355 e. The van der Waals surface area contributed by atoms with E-state index in [9.17, 15) is 4.39 Å². The molecule has 0 amide bonds. The Morgan fingerprint density at radius 3 is 2.71 bits per heavy atom. The molecule has 1 N–H and O–H groups in total. The molecule has 3 rings (SSSR count). The zero-order valence-electron chi connectivity index (χ0n) is 14.6. The first kappa shape index (κ1) is 16.6. The number of guanidine groups is 1. The maximum atomic E-state index is 13.5. The zero-order valence-corrected chi connectivity index (χ0v) is 14.6. The van der Waals surface area contributed by atoms with Crippen LogP contribution in [-0.4, -0.2) is 36.1 Å². The van der Waals surface area contributed by atoms with Crippen LogP contribution < -0.4 is 5.32 Å². The molecule has 24 heavy (non-hydrogen) atoms. The van der Waals surface area contributed by atoms with E-state index in [-0.39, 0.29) is 11.2 Å². The Hall–Kier alpha value is -2.30. The maximum absolute atomic E-state index is 13.5. The molecule has 0 bridgehead atoms. The Kier molecular flexibility index (Phi) is 4.60. The van der Waals surface area contributed by atoms with Crippen LogP contribution in [0.25, 0.3) is 0 Å². The molecule has 1 aromatic heterocycles.